The summed E-state index contributed by atoms with van der Waals surface area (Å²) >= 11 is 0. The van der Waals surface area contributed by atoms with Crippen molar-refractivity contribution in [2.24, 2.45) is 0 Å². The van der Waals surface area contributed by atoms with Gasteiger partial charge < -0.3 is 0 Å². The zero-order chi connectivity index (χ0) is 35.6. The van der Waals surface area contributed by atoms with Crippen molar-refractivity contribution in [2.45, 2.75) is 0 Å². The molecule has 11 aromatic carbocycles. The van der Waals surface area contributed by atoms with Gasteiger partial charge in [-0.2, -0.15) is 0 Å². The first-order valence-electron chi connectivity index (χ1n) is 18.7. The maximum absolute atomic E-state index is 2.43. The summed E-state index contributed by atoms with van der Waals surface area (Å²) in [7, 11) is 0. The fourth-order valence-electron chi connectivity index (χ4n) is 8.67. The van der Waals surface area contributed by atoms with Crippen LogP contribution in [0, 0.1) is 0 Å². The summed E-state index contributed by atoms with van der Waals surface area (Å²) in [5.74, 6) is 0. The second-order valence-electron chi connectivity index (χ2n) is 14.5. The van der Waals surface area contributed by atoms with Gasteiger partial charge in [0.15, 0.2) is 0 Å². The molecule has 54 heavy (non-hydrogen) atoms. The fraction of sp³-hybridized carbons (Fsp3) is 0. The summed E-state index contributed by atoms with van der Waals surface area (Å²) in [6.07, 6.45) is 0. The van der Waals surface area contributed by atoms with E-state index >= 15 is 0 Å². The number of hydrogen-bond donors (Lipinski definition) is 0. The van der Waals surface area contributed by atoms with Crippen LogP contribution in [0.15, 0.2) is 206 Å². The van der Waals surface area contributed by atoms with Crippen molar-refractivity contribution in [1.29, 1.82) is 0 Å². The molecule has 0 saturated carbocycles. The highest BCUT2D eigenvalue weighted by Crippen LogP contribution is 2.44. The lowest BCUT2D eigenvalue weighted by Crippen LogP contribution is -1.90. The molecule has 250 valence electrons. The van der Waals surface area contributed by atoms with Crippen LogP contribution >= 0.6 is 0 Å². The first-order chi connectivity index (χ1) is 26.7. The number of benzene rings is 11. The third kappa shape index (κ3) is 4.99. The normalized spacial score (nSPS) is 11.7. The molecule has 0 saturated heterocycles. The lowest BCUT2D eigenvalue weighted by atomic mass is 9.86. The van der Waals surface area contributed by atoms with Crippen molar-refractivity contribution in [3.63, 3.8) is 0 Å². The van der Waals surface area contributed by atoms with Gasteiger partial charge in [-0.05, 0) is 133 Å². The highest BCUT2D eigenvalue weighted by atomic mass is 14.2. The number of fused-ring (bicyclic) bond motifs is 10. The molecule has 0 unspecified atom stereocenters. The van der Waals surface area contributed by atoms with Gasteiger partial charge in [-0.3, -0.25) is 0 Å². The van der Waals surface area contributed by atoms with Gasteiger partial charge >= 0.3 is 0 Å². The van der Waals surface area contributed by atoms with Crippen LogP contribution in [0.3, 0.4) is 0 Å². The van der Waals surface area contributed by atoms with Crippen molar-refractivity contribution in [2.75, 3.05) is 0 Å². The smallest absolute Gasteiger partial charge is 0.00199 e. The Hall–Kier alpha value is -7.02. The van der Waals surface area contributed by atoms with E-state index in [-0.39, 0.29) is 0 Å². The van der Waals surface area contributed by atoms with Gasteiger partial charge in [-0.1, -0.05) is 182 Å². The van der Waals surface area contributed by atoms with E-state index in [4.69, 9.17) is 0 Å². The standard InChI is InChI=1S/C54H34/c1-3-11-41-31-43(27-23-35(41)9-1)37-17-19-39(20-18-37)45-29-30-50-52(33-45)46-13-5-6-14-47(46)53-34-51(48-15-7-8-16-49(48)54(50)53)40-25-21-38(22-26-40)44-28-24-36-10-2-4-12-42(36)32-44/h1-34H. The second-order valence-corrected chi connectivity index (χ2v) is 14.5. The number of rotatable bonds is 4. The van der Waals surface area contributed by atoms with Gasteiger partial charge in [0, 0.05) is 0 Å². The highest BCUT2D eigenvalue weighted by Gasteiger charge is 2.16. The molecule has 0 bridgehead atoms. The lowest BCUT2D eigenvalue weighted by molar-refractivity contribution is 1.62. The van der Waals surface area contributed by atoms with E-state index in [1.165, 1.54) is 109 Å². The van der Waals surface area contributed by atoms with Gasteiger partial charge in [-0.15, -0.1) is 0 Å². The minimum Gasteiger partial charge on any atom is -0.0616 e. The van der Waals surface area contributed by atoms with Crippen LogP contribution in [0.25, 0.3) is 109 Å². The third-order valence-electron chi connectivity index (χ3n) is 11.4. The van der Waals surface area contributed by atoms with Crippen molar-refractivity contribution in [3.05, 3.63) is 206 Å². The molecule has 0 heteroatoms. The van der Waals surface area contributed by atoms with Crippen LogP contribution in [0.5, 0.6) is 0 Å². The van der Waals surface area contributed by atoms with Gasteiger partial charge in [0.1, 0.15) is 0 Å². The molecular formula is C54H34. The predicted octanol–water partition coefficient (Wildman–Crippen LogP) is 15.3. The topological polar surface area (TPSA) is 0 Å². The van der Waals surface area contributed by atoms with Crippen LogP contribution in [0.4, 0.5) is 0 Å². The first-order valence-corrected chi connectivity index (χ1v) is 18.7. The highest BCUT2D eigenvalue weighted by molar-refractivity contribution is 6.33. The molecule has 0 aliphatic heterocycles. The second kappa shape index (κ2) is 12.3. The summed E-state index contributed by atoms with van der Waals surface area (Å²) in [4.78, 5) is 0. The summed E-state index contributed by atoms with van der Waals surface area (Å²) in [6.45, 7) is 0. The summed E-state index contributed by atoms with van der Waals surface area (Å²) < 4.78 is 0. The molecule has 0 radical (unpaired) electrons. The first kappa shape index (κ1) is 30.6. The third-order valence-corrected chi connectivity index (χ3v) is 11.4. The van der Waals surface area contributed by atoms with Crippen molar-refractivity contribution in [3.8, 4) is 44.5 Å². The summed E-state index contributed by atoms with van der Waals surface area (Å²) in [6, 6.07) is 76.1. The quantitative estimate of drug-likeness (QED) is 0.162. The maximum Gasteiger partial charge on any atom is -0.00199 e. The molecule has 0 nitrogen and oxygen atoms in total. The Morgan fingerprint density at radius 2 is 0.574 bits per heavy atom. The van der Waals surface area contributed by atoms with Gasteiger partial charge in [0.25, 0.3) is 0 Å². The zero-order valence-electron chi connectivity index (χ0n) is 29.6. The van der Waals surface area contributed by atoms with E-state index in [9.17, 15) is 0 Å². The predicted molar refractivity (Wildman–Crippen MR) is 233 cm³/mol. The monoisotopic (exact) mass is 682 g/mol. The Balaban J connectivity index is 1.04. The van der Waals surface area contributed by atoms with E-state index in [1.807, 2.05) is 0 Å². The Morgan fingerprint density at radius 3 is 1.15 bits per heavy atom. The molecule has 11 rings (SSSR count). The minimum absolute atomic E-state index is 1.22. The fourth-order valence-corrected chi connectivity index (χ4v) is 8.67. The van der Waals surface area contributed by atoms with Crippen molar-refractivity contribution in [1.82, 2.24) is 0 Å². The lowest BCUT2D eigenvalue weighted by Gasteiger charge is -2.17. The van der Waals surface area contributed by atoms with Crippen molar-refractivity contribution < 1.29 is 0 Å². The molecule has 0 fully saturated rings. The zero-order valence-corrected chi connectivity index (χ0v) is 29.6. The van der Waals surface area contributed by atoms with Crippen molar-refractivity contribution >= 4 is 64.6 Å². The van der Waals surface area contributed by atoms with Crippen LogP contribution in [-0.2, 0) is 0 Å². The maximum atomic E-state index is 2.43. The van der Waals surface area contributed by atoms with Crippen LogP contribution in [0.1, 0.15) is 0 Å². The minimum atomic E-state index is 1.22. The Morgan fingerprint density at radius 1 is 0.185 bits per heavy atom. The molecule has 0 amide bonds. The van der Waals surface area contributed by atoms with Crippen LogP contribution in [0.2, 0.25) is 0 Å². The Bertz CT molecular complexity index is 3240. The van der Waals surface area contributed by atoms with Gasteiger partial charge in [-0.25, -0.2) is 0 Å². The largest absolute Gasteiger partial charge is 0.0616 e. The van der Waals surface area contributed by atoms with Crippen LogP contribution in [-0.4, -0.2) is 0 Å². The molecule has 0 heterocycles. The Kier molecular flexibility index (Phi) is 6.97. The Labute approximate surface area is 314 Å². The molecular weight excluding hydrogens is 649 g/mol. The molecule has 0 N–H and O–H groups in total. The van der Waals surface area contributed by atoms with E-state index in [2.05, 4.69) is 206 Å². The molecule has 0 aromatic heterocycles. The molecule has 0 atom stereocenters. The molecule has 0 spiro atoms. The number of hydrogen-bond acceptors (Lipinski definition) is 0. The van der Waals surface area contributed by atoms with E-state index in [1.54, 1.807) is 0 Å². The average molecular weight is 683 g/mol. The van der Waals surface area contributed by atoms with Crippen LogP contribution < -0.4 is 0 Å². The van der Waals surface area contributed by atoms with Gasteiger partial charge in [0.2, 0.25) is 0 Å². The van der Waals surface area contributed by atoms with E-state index in [0.29, 0.717) is 0 Å². The molecule has 11 aromatic rings. The SMILES string of the molecule is c1ccc2cc(-c3ccc(-c4ccc5c(c4)c4ccccc4c4cc(-c6ccc(-c7ccc8ccccc8c7)cc6)c6ccccc6c54)cc3)ccc2c1. The van der Waals surface area contributed by atoms with E-state index < -0.39 is 0 Å². The molecule has 0 aliphatic rings. The summed E-state index contributed by atoms with van der Waals surface area (Å²) in [5, 5.41) is 15.4. The van der Waals surface area contributed by atoms with Gasteiger partial charge in [0.05, 0.1) is 0 Å². The molecule has 0 aliphatic carbocycles. The van der Waals surface area contributed by atoms with E-state index in [0.717, 1.165) is 0 Å². The average Bonchev–Trinajstić information content (AvgIpc) is 3.25. The summed E-state index contributed by atoms with van der Waals surface area (Å²) in [5.41, 5.74) is 9.87.